The van der Waals surface area contributed by atoms with E-state index in [2.05, 4.69) is 39.0 Å². The first-order valence-electron chi connectivity index (χ1n) is 4.57. The molecule has 0 spiro atoms. The molecule has 0 saturated heterocycles. The lowest BCUT2D eigenvalue weighted by molar-refractivity contribution is 0.854. The van der Waals surface area contributed by atoms with Gasteiger partial charge in [0, 0.05) is 5.02 Å². The maximum Gasteiger partial charge on any atom is 0.0406 e. The third-order valence-corrected chi connectivity index (χ3v) is 2.36. The molecule has 0 N–H and O–H groups in total. The van der Waals surface area contributed by atoms with Gasteiger partial charge in [-0.05, 0) is 36.1 Å². The van der Waals surface area contributed by atoms with Crippen molar-refractivity contribution in [2.45, 2.75) is 20.8 Å². The fourth-order valence-corrected chi connectivity index (χ4v) is 1.60. The number of hydrogen-bond acceptors (Lipinski definition) is 0. The molecule has 0 atom stereocenters. The van der Waals surface area contributed by atoms with Crippen molar-refractivity contribution in [3.63, 3.8) is 0 Å². The second kappa shape index (κ2) is 4.48. The van der Waals surface area contributed by atoms with Gasteiger partial charge in [0.1, 0.15) is 0 Å². The molecule has 1 heteroatoms. The molecule has 1 aromatic carbocycles. The van der Waals surface area contributed by atoms with Crippen LogP contribution in [0.1, 0.15) is 26.3 Å². The van der Waals surface area contributed by atoms with E-state index in [0.717, 1.165) is 5.02 Å². The van der Waals surface area contributed by atoms with Crippen LogP contribution in [0.3, 0.4) is 0 Å². The number of halogens is 1. The van der Waals surface area contributed by atoms with Crippen molar-refractivity contribution in [3.05, 3.63) is 40.9 Å². The first-order chi connectivity index (χ1) is 6.15. The molecule has 1 rings (SSSR count). The molecular weight excluding hydrogens is 180 g/mol. The summed E-state index contributed by atoms with van der Waals surface area (Å²) in [6.07, 6.45) is 2.16. The Morgan fingerprint density at radius 3 is 2.15 bits per heavy atom. The predicted octanol–water partition coefficient (Wildman–Crippen LogP) is 4.40. The Balaban J connectivity index is 3.00. The molecule has 0 fully saturated rings. The van der Waals surface area contributed by atoms with Crippen LogP contribution < -0.4 is 0 Å². The number of allylic oxidation sites excluding steroid dienone is 2. The van der Waals surface area contributed by atoms with Crippen molar-refractivity contribution >= 4 is 17.2 Å². The molecule has 0 nitrogen and oxygen atoms in total. The standard InChI is InChI=1S/C12H15Cl/c1-4-12(9(2)3)10-5-7-11(13)8-6-10/h4-9H,1-3H3/b12-4+. The summed E-state index contributed by atoms with van der Waals surface area (Å²) in [4.78, 5) is 0. The van der Waals surface area contributed by atoms with Crippen LogP contribution in [0.25, 0.3) is 5.57 Å². The molecule has 0 aliphatic carbocycles. The SMILES string of the molecule is C/C=C(/c1ccc(Cl)cc1)C(C)C. The lowest BCUT2D eigenvalue weighted by Gasteiger charge is -2.10. The molecule has 0 aromatic heterocycles. The Kier molecular flexibility index (Phi) is 3.56. The number of hydrogen-bond donors (Lipinski definition) is 0. The molecule has 0 bridgehead atoms. The van der Waals surface area contributed by atoms with E-state index in [1.54, 1.807) is 0 Å². The zero-order valence-corrected chi connectivity index (χ0v) is 9.10. The van der Waals surface area contributed by atoms with Crippen LogP contribution in [-0.4, -0.2) is 0 Å². The highest BCUT2D eigenvalue weighted by atomic mass is 35.5. The molecule has 0 saturated carbocycles. The fraction of sp³-hybridized carbons (Fsp3) is 0.333. The minimum absolute atomic E-state index is 0.561. The van der Waals surface area contributed by atoms with Gasteiger partial charge in [0.05, 0.1) is 0 Å². The zero-order chi connectivity index (χ0) is 9.84. The van der Waals surface area contributed by atoms with Crippen molar-refractivity contribution in [2.24, 2.45) is 5.92 Å². The zero-order valence-electron chi connectivity index (χ0n) is 8.34. The van der Waals surface area contributed by atoms with Gasteiger partial charge >= 0.3 is 0 Å². The van der Waals surface area contributed by atoms with Crippen LogP contribution in [0.5, 0.6) is 0 Å². The van der Waals surface area contributed by atoms with Gasteiger partial charge < -0.3 is 0 Å². The normalized spacial score (nSPS) is 12.2. The quantitative estimate of drug-likeness (QED) is 0.655. The highest BCUT2D eigenvalue weighted by Gasteiger charge is 2.04. The summed E-state index contributed by atoms with van der Waals surface area (Å²) < 4.78 is 0. The molecule has 70 valence electrons. The van der Waals surface area contributed by atoms with Gasteiger partial charge in [0.25, 0.3) is 0 Å². The second-order valence-electron chi connectivity index (χ2n) is 3.41. The third kappa shape index (κ3) is 2.60. The van der Waals surface area contributed by atoms with E-state index in [1.807, 2.05) is 12.1 Å². The molecule has 13 heavy (non-hydrogen) atoms. The topological polar surface area (TPSA) is 0 Å². The lowest BCUT2D eigenvalue weighted by Crippen LogP contribution is -1.92. The highest BCUT2D eigenvalue weighted by Crippen LogP contribution is 2.23. The molecule has 1 aromatic rings. The smallest absolute Gasteiger partial charge is 0.0406 e. The average Bonchev–Trinajstić information content (AvgIpc) is 2.09. The maximum atomic E-state index is 5.82. The van der Waals surface area contributed by atoms with Crippen molar-refractivity contribution < 1.29 is 0 Å². The Hall–Kier alpha value is -0.750. The van der Waals surface area contributed by atoms with Gasteiger partial charge in [-0.15, -0.1) is 0 Å². The van der Waals surface area contributed by atoms with E-state index in [-0.39, 0.29) is 0 Å². The van der Waals surface area contributed by atoms with Crippen LogP contribution >= 0.6 is 11.6 Å². The Morgan fingerprint density at radius 1 is 1.23 bits per heavy atom. The van der Waals surface area contributed by atoms with Gasteiger partial charge in [-0.1, -0.05) is 43.7 Å². The van der Waals surface area contributed by atoms with E-state index in [1.165, 1.54) is 11.1 Å². The van der Waals surface area contributed by atoms with E-state index in [9.17, 15) is 0 Å². The largest absolute Gasteiger partial charge is 0.0843 e. The molecule has 0 amide bonds. The fourth-order valence-electron chi connectivity index (χ4n) is 1.48. The highest BCUT2D eigenvalue weighted by molar-refractivity contribution is 6.30. The summed E-state index contributed by atoms with van der Waals surface area (Å²) >= 11 is 5.82. The summed E-state index contributed by atoms with van der Waals surface area (Å²) in [5.74, 6) is 0.561. The van der Waals surface area contributed by atoms with E-state index < -0.39 is 0 Å². The third-order valence-electron chi connectivity index (χ3n) is 2.11. The van der Waals surface area contributed by atoms with Crippen molar-refractivity contribution in [1.29, 1.82) is 0 Å². The van der Waals surface area contributed by atoms with Crippen molar-refractivity contribution in [2.75, 3.05) is 0 Å². The summed E-state index contributed by atoms with van der Waals surface area (Å²) in [7, 11) is 0. The summed E-state index contributed by atoms with van der Waals surface area (Å²) in [5.41, 5.74) is 2.64. The average molecular weight is 195 g/mol. The molecule has 0 radical (unpaired) electrons. The summed E-state index contributed by atoms with van der Waals surface area (Å²) in [6.45, 7) is 6.47. The molecule has 0 aliphatic heterocycles. The molecule has 0 aliphatic rings. The number of rotatable bonds is 2. The van der Waals surface area contributed by atoms with E-state index >= 15 is 0 Å². The second-order valence-corrected chi connectivity index (χ2v) is 3.84. The van der Waals surface area contributed by atoms with Crippen LogP contribution in [0, 0.1) is 5.92 Å². The monoisotopic (exact) mass is 194 g/mol. The Labute approximate surface area is 85.2 Å². The van der Waals surface area contributed by atoms with Crippen LogP contribution in [0.15, 0.2) is 30.3 Å². The van der Waals surface area contributed by atoms with Gasteiger partial charge in [-0.25, -0.2) is 0 Å². The molecule has 0 unspecified atom stereocenters. The maximum absolute atomic E-state index is 5.82. The van der Waals surface area contributed by atoms with Gasteiger partial charge in [-0.2, -0.15) is 0 Å². The Bertz CT molecular complexity index is 293. The minimum atomic E-state index is 0.561. The van der Waals surface area contributed by atoms with Crippen LogP contribution in [-0.2, 0) is 0 Å². The molecule has 0 heterocycles. The first kappa shape index (κ1) is 10.3. The van der Waals surface area contributed by atoms with E-state index in [0.29, 0.717) is 5.92 Å². The Morgan fingerprint density at radius 2 is 1.77 bits per heavy atom. The van der Waals surface area contributed by atoms with Gasteiger partial charge in [0.15, 0.2) is 0 Å². The van der Waals surface area contributed by atoms with Gasteiger partial charge in [0.2, 0.25) is 0 Å². The van der Waals surface area contributed by atoms with Crippen LogP contribution in [0.2, 0.25) is 5.02 Å². The summed E-state index contributed by atoms with van der Waals surface area (Å²) in [5, 5.41) is 0.794. The minimum Gasteiger partial charge on any atom is -0.0843 e. The van der Waals surface area contributed by atoms with Crippen molar-refractivity contribution in [1.82, 2.24) is 0 Å². The van der Waals surface area contributed by atoms with Crippen LogP contribution in [0.4, 0.5) is 0 Å². The lowest BCUT2D eigenvalue weighted by atomic mass is 9.95. The van der Waals surface area contributed by atoms with Crippen molar-refractivity contribution in [3.8, 4) is 0 Å². The number of benzene rings is 1. The van der Waals surface area contributed by atoms with E-state index in [4.69, 9.17) is 11.6 Å². The summed E-state index contributed by atoms with van der Waals surface area (Å²) in [6, 6.07) is 8.00. The first-order valence-corrected chi connectivity index (χ1v) is 4.95. The molecular formula is C12H15Cl. The predicted molar refractivity (Wildman–Crippen MR) is 59.9 cm³/mol. The van der Waals surface area contributed by atoms with Gasteiger partial charge in [-0.3, -0.25) is 0 Å².